The Labute approximate surface area is 134 Å². The van der Waals surface area contributed by atoms with Crippen LogP contribution in [0, 0.1) is 13.8 Å². The summed E-state index contributed by atoms with van der Waals surface area (Å²) in [6.45, 7) is 6.06. The zero-order chi connectivity index (χ0) is 16.1. The molecule has 116 valence electrons. The Kier molecular flexibility index (Phi) is 5.22. The molecule has 1 aromatic heterocycles. The number of hydrazone groups is 1. The van der Waals surface area contributed by atoms with Crippen molar-refractivity contribution in [3.8, 4) is 5.69 Å². The third-order valence-electron chi connectivity index (χ3n) is 3.19. The summed E-state index contributed by atoms with van der Waals surface area (Å²) in [4.78, 5) is 11.2. The minimum Gasteiger partial charge on any atom is -0.449 e. The topological polar surface area (TPSA) is 55.6 Å². The van der Waals surface area contributed by atoms with Gasteiger partial charge in [-0.05, 0) is 51.1 Å². The van der Waals surface area contributed by atoms with Crippen molar-refractivity contribution in [2.75, 3.05) is 6.61 Å². The first-order valence-corrected chi connectivity index (χ1v) is 7.31. The molecule has 1 heterocycles. The van der Waals surface area contributed by atoms with Crippen LogP contribution in [0.1, 0.15) is 23.9 Å². The molecule has 0 atom stereocenters. The van der Waals surface area contributed by atoms with Crippen molar-refractivity contribution in [1.82, 2.24) is 9.99 Å². The zero-order valence-electron chi connectivity index (χ0n) is 12.8. The Hall–Kier alpha value is -2.27. The highest BCUT2D eigenvalue weighted by molar-refractivity contribution is 6.30. The lowest BCUT2D eigenvalue weighted by Crippen LogP contribution is -2.18. The Balaban J connectivity index is 2.22. The number of hydrogen-bond acceptors (Lipinski definition) is 3. The molecule has 0 fully saturated rings. The summed E-state index contributed by atoms with van der Waals surface area (Å²) >= 11 is 5.93. The molecule has 0 saturated heterocycles. The summed E-state index contributed by atoms with van der Waals surface area (Å²) < 4.78 is 6.84. The average Bonchev–Trinajstić information content (AvgIpc) is 2.75. The molecular weight excluding hydrogens is 302 g/mol. The second kappa shape index (κ2) is 7.13. The molecule has 22 heavy (non-hydrogen) atoms. The van der Waals surface area contributed by atoms with Gasteiger partial charge in [0.1, 0.15) is 0 Å². The van der Waals surface area contributed by atoms with Crippen molar-refractivity contribution in [1.29, 1.82) is 0 Å². The molecule has 0 aliphatic heterocycles. The van der Waals surface area contributed by atoms with Gasteiger partial charge in [0, 0.05) is 27.7 Å². The van der Waals surface area contributed by atoms with E-state index >= 15 is 0 Å². The number of carbonyl (C=O) groups is 1. The normalized spacial score (nSPS) is 10.9. The van der Waals surface area contributed by atoms with Crippen LogP contribution >= 0.6 is 11.6 Å². The number of ether oxygens (including phenoxy) is 1. The summed E-state index contributed by atoms with van der Waals surface area (Å²) in [6, 6.07) is 9.62. The zero-order valence-corrected chi connectivity index (χ0v) is 13.5. The Morgan fingerprint density at radius 1 is 1.36 bits per heavy atom. The fourth-order valence-corrected chi connectivity index (χ4v) is 2.35. The van der Waals surface area contributed by atoms with Crippen molar-refractivity contribution in [3.63, 3.8) is 0 Å². The van der Waals surface area contributed by atoms with Crippen LogP contribution in [0.15, 0.2) is 35.4 Å². The Bertz CT molecular complexity index is 690. The van der Waals surface area contributed by atoms with Crippen LogP contribution in [0.25, 0.3) is 5.69 Å². The summed E-state index contributed by atoms with van der Waals surface area (Å²) in [5.74, 6) is 0. The van der Waals surface area contributed by atoms with Crippen molar-refractivity contribution in [2.45, 2.75) is 20.8 Å². The lowest BCUT2D eigenvalue weighted by molar-refractivity contribution is 0.152. The molecule has 2 aromatic rings. The van der Waals surface area contributed by atoms with Gasteiger partial charge in [-0.1, -0.05) is 11.6 Å². The predicted molar refractivity (Wildman–Crippen MR) is 88.0 cm³/mol. The molecular formula is C16H18ClN3O2. The number of nitrogens with one attached hydrogen (secondary N) is 1. The molecule has 0 aliphatic rings. The smallest absolute Gasteiger partial charge is 0.427 e. The number of rotatable bonds is 4. The third kappa shape index (κ3) is 3.68. The number of carbonyl (C=O) groups excluding carboxylic acids is 1. The van der Waals surface area contributed by atoms with E-state index in [0.29, 0.717) is 11.6 Å². The van der Waals surface area contributed by atoms with Gasteiger partial charge < -0.3 is 9.30 Å². The minimum atomic E-state index is -0.565. The van der Waals surface area contributed by atoms with E-state index in [0.717, 1.165) is 22.6 Å². The van der Waals surface area contributed by atoms with E-state index in [2.05, 4.69) is 15.1 Å². The molecule has 0 saturated carbocycles. The van der Waals surface area contributed by atoms with Crippen molar-refractivity contribution < 1.29 is 9.53 Å². The fraction of sp³-hybridized carbons (Fsp3) is 0.250. The molecule has 1 N–H and O–H groups in total. The van der Waals surface area contributed by atoms with Gasteiger partial charge in [0.15, 0.2) is 0 Å². The van der Waals surface area contributed by atoms with Gasteiger partial charge >= 0.3 is 6.09 Å². The quantitative estimate of drug-likeness (QED) is 0.688. The predicted octanol–water partition coefficient (Wildman–Crippen LogP) is 3.83. The standard InChI is InChI=1S/C16H18ClN3O2/c1-4-22-16(21)19-18-10-13-9-11(2)20(12(13)3)15-7-5-14(17)6-8-15/h5-10H,4H2,1-3H3,(H,19,21)/b18-10+. The van der Waals surface area contributed by atoms with Crippen molar-refractivity contribution in [2.24, 2.45) is 5.10 Å². The van der Waals surface area contributed by atoms with Gasteiger partial charge in [-0.25, -0.2) is 10.2 Å². The highest BCUT2D eigenvalue weighted by atomic mass is 35.5. The lowest BCUT2D eigenvalue weighted by Gasteiger charge is -2.09. The van der Waals surface area contributed by atoms with Crippen molar-refractivity contribution in [3.05, 3.63) is 52.3 Å². The van der Waals surface area contributed by atoms with E-state index in [1.165, 1.54) is 0 Å². The maximum Gasteiger partial charge on any atom is 0.427 e. The molecule has 0 radical (unpaired) electrons. The van der Waals surface area contributed by atoms with Crippen LogP contribution in [0.3, 0.4) is 0 Å². The van der Waals surface area contributed by atoms with Gasteiger partial charge in [-0.2, -0.15) is 5.10 Å². The van der Waals surface area contributed by atoms with Crippen LogP contribution in [0.2, 0.25) is 5.02 Å². The first kappa shape index (κ1) is 16.1. The molecule has 0 spiro atoms. The summed E-state index contributed by atoms with van der Waals surface area (Å²) in [6.07, 6.45) is 1.04. The third-order valence-corrected chi connectivity index (χ3v) is 3.44. The molecule has 1 amide bonds. The van der Waals surface area contributed by atoms with Gasteiger partial charge in [0.25, 0.3) is 0 Å². The van der Waals surface area contributed by atoms with E-state index < -0.39 is 6.09 Å². The summed E-state index contributed by atoms with van der Waals surface area (Å²) in [5.41, 5.74) is 6.35. The van der Waals surface area contributed by atoms with E-state index in [1.54, 1.807) is 13.1 Å². The SMILES string of the molecule is CCOC(=O)N/N=C/c1cc(C)n(-c2ccc(Cl)cc2)c1C. The maximum atomic E-state index is 11.2. The molecule has 0 bridgehead atoms. The second-order valence-corrected chi connectivity index (χ2v) is 5.17. The number of hydrogen-bond donors (Lipinski definition) is 1. The van der Waals surface area contributed by atoms with E-state index in [4.69, 9.17) is 16.3 Å². The Morgan fingerprint density at radius 2 is 2.05 bits per heavy atom. The van der Waals surface area contributed by atoms with Crippen molar-refractivity contribution >= 4 is 23.9 Å². The molecule has 6 heteroatoms. The van der Waals surface area contributed by atoms with E-state index in [9.17, 15) is 4.79 Å². The van der Waals surface area contributed by atoms with Crippen LogP contribution in [0.4, 0.5) is 4.79 Å². The highest BCUT2D eigenvalue weighted by Crippen LogP contribution is 2.21. The lowest BCUT2D eigenvalue weighted by atomic mass is 10.2. The van der Waals surface area contributed by atoms with E-state index in [1.807, 2.05) is 44.2 Å². The fourth-order valence-electron chi connectivity index (χ4n) is 2.22. The largest absolute Gasteiger partial charge is 0.449 e. The molecule has 0 unspecified atom stereocenters. The first-order valence-electron chi connectivity index (χ1n) is 6.93. The molecule has 5 nitrogen and oxygen atoms in total. The summed E-state index contributed by atoms with van der Waals surface area (Å²) in [5, 5.41) is 4.60. The Morgan fingerprint density at radius 3 is 2.68 bits per heavy atom. The molecule has 2 rings (SSSR count). The monoisotopic (exact) mass is 319 g/mol. The van der Waals surface area contributed by atoms with Crippen LogP contribution < -0.4 is 5.43 Å². The average molecular weight is 320 g/mol. The second-order valence-electron chi connectivity index (χ2n) is 4.73. The maximum absolute atomic E-state index is 11.2. The van der Waals surface area contributed by atoms with Gasteiger partial charge in [0.2, 0.25) is 0 Å². The number of halogens is 1. The number of nitrogens with zero attached hydrogens (tertiary/aromatic N) is 2. The van der Waals surface area contributed by atoms with Gasteiger partial charge in [0.05, 0.1) is 12.8 Å². The van der Waals surface area contributed by atoms with E-state index in [-0.39, 0.29) is 0 Å². The van der Waals surface area contributed by atoms with Gasteiger partial charge in [-0.3, -0.25) is 0 Å². The van der Waals surface area contributed by atoms with Crippen LogP contribution in [-0.4, -0.2) is 23.5 Å². The molecule has 0 aliphatic carbocycles. The number of aromatic nitrogens is 1. The molecule has 1 aromatic carbocycles. The summed E-state index contributed by atoms with van der Waals surface area (Å²) in [7, 11) is 0. The number of benzene rings is 1. The number of amides is 1. The first-order chi connectivity index (χ1) is 10.5. The van der Waals surface area contributed by atoms with Crippen LogP contribution in [0.5, 0.6) is 0 Å². The highest BCUT2D eigenvalue weighted by Gasteiger charge is 2.09. The van der Waals surface area contributed by atoms with Gasteiger partial charge in [-0.15, -0.1) is 0 Å². The minimum absolute atomic E-state index is 0.312. The number of aryl methyl sites for hydroxylation is 1. The van der Waals surface area contributed by atoms with Crippen LogP contribution in [-0.2, 0) is 4.74 Å².